The maximum atomic E-state index is 4.56. The Labute approximate surface area is 116 Å². The highest BCUT2D eigenvalue weighted by Gasteiger charge is 2.25. The number of hydrogen-bond donors (Lipinski definition) is 2. The van der Waals surface area contributed by atoms with E-state index in [1.165, 1.54) is 5.69 Å². The van der Waals surface area contributed by atoms with E-state index in [1.54, 1.807) is 0 Å². The van der Waals surface area contributed by atoms with Gasteiger partial charge in [-0.1, -0.05) is 13.8 Å². The number of nitrogens with zero attached hydrogens (tertiary/aromatic N) is 3. The van der Waals surface area contributed by atoms with Gasteiger partial charge in [0.2, 0.25) is 0 Å². The molecule has 1 saturated heterocycles. The molecule has 1 aliphatic heterocycles. The summed E-state index contributed by atoms with van der Waals surface area (Å²) >= 11 is 0. The summed E-state index contributed by atoms with van der Waals surface area (Å²) in [6.07, 6.45) is 1.96. The van der Waals surface area contributed by atoms with Gasteiger partial charge >= 0.3 is 0 Å². The molecule has 108 valence electrons. The van der Waals surface area contributed by atoms with Crippen LogP contribution in [0, 0.1) is 5.92 Å². The van der Waals surface area contributed by atoms with Crippen molar-refractivity contribution >= 4 is 0 Å². The first-order valence-electron chi connectivity index (χ1n) is 7.19. The standard InChI is InChI=1S/C14H27N5/c1-11(2)7-15-8-12-9-16-14(17-12)13-10-18(3)5-6-19(13)4/h9,11,13,15H,5-8,10H2,1-4H3,(H,16,17). The van der Waals surface area contributed by atoms with Crippen LogP contribution in [-0.2, 0) is 6.54 Å². The van der Waals surface area contributed by atoms with E-state index in [1.807, 2.05) is 6.20 Å². The smallest absolute Gasteiger partial charge is 0.125 e. The van der Waals surface area contributed by atoms with Crippen LogP contribution in [0.4, 0.5) is 0 Å². The fourth-order valence-corrected chi connectivity index (χ4v) is 2.44. The molecule has 1 unspecified atom stereocenters. The third kappa shape index (κ3) is 4.03. The van der Waals surface area contributed by atoms with Crippen molar-refractivity contribution in [2.75, 3.05) is 40.3 Å². The quantitative estimate of drug-likeness (QED) is 0.836. The van der Waals surface area contributed by atoms with Gasteiger partial charge in [0.15, 0.2) is 0 Å². The lowest BCUT2D eigenvalue weighted by atomic mass is 10.2. The highest BCUT2D eigenvalue weighted by molar-refractivity contribution is 5.06. The first kappa shape index (κ1) is 14.5. The number of piperazine rings is 1. The van der Waals surface area contributed by atoms with E-state index in [2.05, 4.69) is 53.0 Å². The molecule has 1 aromatic heterocycles. The molecule has 0 aliphatic carbocycles. The van der Waals surface area contributed by atoms with Gasteiger partial charge in [0.05, 0.1) is 6.04 Å². The second-order valence-corrected chi connectivity index (χ2v) is 6.08. The molecule has 2 rings (SSSR count). The molecule has 5 heteroatoms. The summed E-state index contributed by atoms with van der Waals surface area (Å²) in [5.74, 6) is 1.77. The van der Waals surface area contributed by atoms with Gasteiger partial charge in [-0.05, 0) is 26.6 Å². The molecule has 1 fully saturated rings. The molecule has 1 aliphatic rings. The second kappa shape index (κ2) is 6.50. The average molecular weight is 265 g/mol. The summed E-state index contributed by atoms with van der Waals surface area (Å²) in [4.78, 5) is 12.8. The lowest BCUT2D eigenvalue weighted by Gasteiger charge is -2.36. The highest BCUT2D eigenvalue weighted by Crippen LogP contribution is 2.20. The zero-order valence-corrected chi connectivity index (χ0v) is 12.6. The molecule has 0 amide bonds. The summed E-state index contributed by atoms with van der Waals surface area (Å²) < 4.78 is 0. The first-order valence-corrected chi connectivity index (χ1v) is 7.19. The van der Waals surface area contributed by atoms with Crippen LogP contribution in [0.15, 0.2) is 6.20 Å². The van der Waals surface area contributed by atoms with Crippen molar-refractivity contribution in [3.05, 3.63) is 17.7 Å². The van der Waals surface area contributed by atoms with Crippen molar-refractivity contribution in [1.29, 1.82) is 0 Å². The Morgan fingerprint density at radius 2 is 2.21 bits per heavy atom. The number of imidazole rings is 1. The number of nitrogens with one attached hydrogen (secondary N) is 2. The molecule has 2 heterocycles. The molecular weight excluding hydrogens is 238 g/mol. The Balaban J connectivity index is 1.92. The van der Waals surface area contributed by atoms with Crippen LogP contribution in [0.1, 0.15) is 31.4 Å². The van der Waals surface area contributed by atoms with Crippen molar-refractivity contribution in [2.24, 2.45) is 5.92 Å². The fraction of sp³-hybridized carbons (Fsp3) is 0.786. The van der Waals surface area contributed by atoms with Gasteiger partial charge in [-0.25, -0.2) is 4.98 Å². The van der Waals surface area contributed by atoms with E-state index < -0.39 is 0 Å². The van der Waals surface area contributed by atoms with Crippen molar-refractivity contribution in [1.82, 2.24) is 25.1 Å². The van der Waals surface area contributed by atoms with Crippen LogP contribution in [0.5, 0.6) is 0 Å². The molecule has 2 N–H and O–H groups in total. The lowest BCUT2D eigenvalue weighted by molar-refractivity contribution is 0.110. The molecule has 0 spiro atoms. The van der Waals surface area contributed by atoms with E-state index in [-0.39, 0.29) is 0 Å². The predicted molar refractivity (Wildman–Crippen MR) is 78.0 cm³/mol. The Hall–Kier alpha value is -0.910. The number of H-pyrrole nitrogens is 1. The fourth-order valence-electron chi connectivity index (χ4n) is 2.44. The zero-order chi connectivity index (χ0) is 13.8. The summed E-state index contributed by atoms with van der Waals surface area (Å²) in [6, 6.07) is 0.387. The summed E-state index contributed by atoms with van der Waals surface area (Å²) in [7, 11) is 4.35. The number of rotatable bonds is 5. The molecule has 0 aromatic carbocycles. The Kier molecular flexibility index (Phi) is 4.96. The molecule has 5 nitrogen and oxygen atoms in total. The van der Waals surface area contributed by atoms with Crippen LogP contribution in [0.2, 0.25) is 0 Å². The van der Waals surface area contributed by atoms with Gasteiger partial charge in [-0.15, -0.1) is 0 Å². The van der Waals surface area contributed by atoms with Gasteiger partial charge in [0.1, 0.15) is 5.82 Å². The molecule has 1 aromatic rings. The Bertz CT molecular complexity index is 387. The normalized spacial score (nSPS) is 22.3. The van der Waals surface area contributed by atoms with E-state index in [0.29, 0.717) is 12.0 Å². The lowest BCUT2D eigenvalue weighted by Crippen LogP contribution is -2.45. The first-order chi connectivity index (χ1) is 9.06. The highest BCUT2D eigenvalue weighted by atomic mass is 15.3. The second-order valence-electron chi connectivity index (χ2n) is 6.08. The van der Waals surface area contributed by atoms with Crippen LogP contribution in [-0.4, -0.2) is 60.0 Å². The monoisotopic (exact) mass is 265 g/mol. The van der Waals surface area contributed by atoms with E-state index in [9.17, 15) is 0 Å². The van der Waals surface area contributed by atoms with Crippen LogP contribution in [0.3, 0.4) is 0 Å². The van der Waals surface area contributed by atoms with Gasteiger partial charge in [0.25, 0.3) is 0 Å². The van der Waals surface area contributed by atoms with Crippen molar-refractivity contribution in [2.45, 2.75) is 26.4 Å². The van der Waals surface area contributed by atoms with Crippen LogP contribution < -0.4 is 5.32 Å². The minimum Gasteiger partial charge on any atom is -0.343 e. The molecule has 19 heavy (non-hydrogen) atoms. The number of likely N-dealkylation sites (N-methyl/N-ethyl adjacent to an activating group) is 2. The molecule has 0 bridgehead atoms. The summed E-state index contributed by atoms with van der Waals surface area (Å²) in [5, 5.41) is 3.44. The summed E-state index contributed by atoms with van der Waals surface area (Å²) in [5.41, 5.74) is 1.18. The third-order valence-corrected chi connectivity index (χ3v) is 3.68. The number of aromatic amines is 1. The minimum absolute atomic E-state index is 0.387. The predicted octanol–water partition coefficient (Wildman–Crippen LogP) is 1.07. The van der Waals surface area contributed by atoms with Gasteiger partial charge < -0.3 is 15.2 Å². The number of aromatic nitrogens is 2. The molecular formula is C14H27N5. The van der Waals surface area contributed by atoms with E-state index in [4.69, 9.17) is 0 Å². The maximum Gasteiger partial charge on any atom is 0.125 e. The minimum atomic E-state index is 0.387. The third-order valence-electron chi connectivity index (χ3n) is 3.68. The van der Waals surface area contributed by atoms with Gasteiger partial charge in [-0.2, -0.15) is 0 Å². The van der Waals surface area contributed by atoms with Crippen LogP contribution >= 0.6 is 0 Å². The maximum absolute atomic E-state index is 4.56. The molecule has 1 atom stereocenters. The Morgan fingerprint density at radius 3 is 2.95 bits per heavy atom. The van der Waals surface area contributed by atoms with Crippen molar-refractivity contribution in [3.8, 4) is 0 Å². The Morgan fingerprint density at radius 1 is 1.42 bits per heavy atom. The topological polar surface area (TPSA) is 47.2 Å². The van der Waals surface area contributed by atoms with Gasteiger partial charge in [-0.3, -0.25) is 4.90 Å². The molecule has 0 radical (unpaired) electrons. The molecule has 0 saturated carbocycles. The largest absolute Gasteiger partial charge is 0.343 e. The van der Waals surface area contributed by atoms with Crippen molar-refractivity contribution in [3.63, 3.8) is 0 Å². The SMILES string of the molecule is CC(C)CNCc1cnc(C2CN(C)CCN2C)[nH]1. The van der Waals surface area contributed by atoms with E-state index in [0.717, 1.165) is 38.5 Å². The average Bonchev–Trinajstić information content (AvgIpc) is 2.80. The zero-order valence-electron chi connectivity index (χ0n) is 12.6. The number of hydrogen-bond acceptors (Lipinski definition) is 4. The van der Waals surface area contributed by atoms with Crippen LogP contribution in [0.25, 0.3) is 0 Å². The van der Waals surface area contributed by atoms with Crippen molar-refractivity contribution < 1.29 is 0 Å². The summed E-state index contributed by atoms with van der Waals surface area (Å²) in [6.45, 7) is 9.64. The van der Waals surface area contributed by atoms with E-state index >= 15 is 0 Å². The van der Waals surface area contributed by atoms with Gasteiger partial charge in [0, 0.05) is 38.1 Å².